The number of carbonyl (C=O) groups excluding carboxylic acids is 1. The average Bonchev–Trinajstić information content (AvgIpc) is 2.59. The summed E-state index contributed by atoms with van der Waals surface area (Å²) in [6.45, 7) is 0.387. The van der Waals surface area contributed by atoms with Crippen LogP contribution in [0.1, 0.15) is 17.5 Å². The van der Waals surface area contributed by atoms with E-state index >= 15 is 0 Å². The number of hydrogen-bond acceptors (Lipinski definition) is 3. The smallest absolute Gasteiger partial charge is 0.240 e. The summed E-state index contributed by atoms with van der Waals surface area (Å²) in [5, 5.41) is 3.45. The van der Waals surface area contributed by atoms with Crippen LogP contribution in [0.5, 0.6) is 0 Å². The van der Waals surface area contributed by atoms with Gasteiger partial charge in [-0.15, -0.1) is 0 Å². The molecule has 0 unspecified atom stereocenters. The molecule has 1 amide bonds. The van der Waals surface area contributed by atoms with Gasteiger partial charge in [0, 0.05) is 18.0 Å². The Balaban J connectivity index is 1.85. The zero-order chi connectivity index (χ0) is 17.6. The van der Waals surface area contributed by atoms with Crippen LogP contribution in [0, 0.1) is 0 Å². The van der Waals surface area contributed by atoms with Crippen LogP contribution in [-0.2, 0) is 27.8 Å². The van der Waals surface area contributed by atoms with E-state index in [1.165, 1.54) is 19.2 Å². The molecule has 128 valence electrons. The molecule has 0 bridgehead atoms. The van der Waals surface area contributed by atoms with Gasteiger partial charge in [-0.3, -0.25) is 4.79 Å². The highest BCUT2D eigenvalue weighted by Crippen LogP contribution is 2.15. The molecule has 24 heavy (non-hydrogen) atoms. The minimum atomic E-state index is -3.43. The fourth-order valence-electron chi connectivity index (χ4n) is 2.13. The van der Waals surface area contributed by atoms with Crippen LogP contribution >= 0.6 is 11.6 Å². The Labute approximate surface area is 147 Å². The van der Waals surface area contributed by atoms with Crippen molar-refractivity contribution < 1.29 is 13.2 Å². The van der Waals surface area contributed by atoms with Crippen LogP contribution in [0.3, 0.4) is 0 Å². The van der Waals surface area contributed by atoms with Gasteiger partial charge in [0.15, 0.2) is 0 Å². The molecule has 2 aromatic carbocycles. The van der Waals surface area contributed by atoms with E-state index in [0.29, 0.717) is 24.4 Å². The van der Waals surface area contributed by atoms with Gasteiger partial charge in [-0.05, 0) is 42.8 Å². The van der Waals surface area contributed by atoms with E-state index in [-0.39, 0.29) is 10.8 Å². The average molecular weight is 367 g/mol. The number of nitrogens with one attached hydrogen (secondary N) is 2. The quantitative estimate of drug-likeness (QED) is 0.790. The maximum atomic E-state index is 11.9. The summed E-state index contributed by atoms with van der Waals surface area (Å²) in [4.78, 5) is 12.1. The zero-order valence-corrected chi connectivity index (χ0v) is 14.8. The van der Waals surface area contributed by atoms with Crippen LogP contribution in [-0.4, -0.2) is 21.4 Å². The van der Waals surface area contributed by atoms with Gasteiger partial charge in [0.2, 0.25) is 15.9 Å². The molecule has 2 N–H and O–H groups in total. The molecule has 0 spiro atoms. The Hall–Kier alpha value is -1.89. The predicted octanol–water partition coefficient (Wildman–Crippen LogP) is 2.50. The number of aryl methyl sites for hydroxylation is 1. The van der Waals surface area contributed by atoms with Gasteiger partial charge in [-0.2, -0.15) is 0 Å². The second-order valence-electron chi connectivity index (χ2n) is 5.22. The lowest BCUT2D eigenvalue weighted by atomic mass is 10.1. The van der Waals surface area contributed by atoms with Crippen LogP contribution in [0.4, 0.5) is 0 Å². The molecule has 5 nitrogen and oxygen atoms in total. The van der Waals surface area contributed by atoms with E-state index in [0.717, 1.165) is 11.1 Å². The van der Waals surface area contributed by atoms with Gasteiger partial charge in [-0.1, -0.05) is 41.9 Å². The Kier molecular flexibility index (Phi) is 6.36. The fraction of sp³-hybridized carbons (Fsp3) is 0.235. The molecule has 0 aliphatic heterocycles. The molecular weight excluding hydrogens is 348 g/mol. The van der Waals surface area contributed by atoms with Gasteiger partial charge >= 0.3 is 0 Å². The Morgan fingerprint density at radius 3 is 2.38 bits per heavy atom. The monoisotopic (exact) mass is 366 g/mol. The Morgan fingerprint density at radius 1 is 1.08 bits per heavy atom. The number of carbonyl (C=O) groups is 1. The van der Waals surface area contributed by atoms with Gasteiger partial charge in [-0.25, -0.2) is 13.1 Å². The first-order valence-corrected chi connectivity index (χ1v) is 9.31. The summed E-state index contributed by atoms with van der Waals surface area (Å²) in [6, 6.07) is 13.8. The molecule has 0 aromatic heterocycles. The first-order valence-electron chi connectivity index (χ1n) is 7.45. The van der Waals surface area contributed by atoms with E-state index in [1.54, 1.807) is 18.2 Å². The second kappa shape index (κ2) is 8.28. The largest absolute Gasteiger partial charge is 0.352 e. The zero-order valence-electron chi connectivity index (χ0n) is 13.3. The van der Waals surface area contributed by atoms with Crippen LogP contribution in [0.15, 0.2) is 53.4 Å². The highest BCUT2D eigenvalue weighted by atomic mass is 35.5. The van der Waals surface area contributed by atoms with E-state index in [1.807, 2.05) is 18.2 Å². The molecule has 0 saturated heterocycles. The van der Waals surface area contributed by atoms with Gasteiger partial charge in [0.25, 0.3) is 0 Å². The highest BCUT2D eigenvalue weighted by molar-refractivity contribution is 7.89. The van der Waals surface area contributed by atoms with Crippen LogP contribution < -0.4 is 10.0 Å². The first kappa shape index (κ1) is 18.4. The van der Waals surface area contributed by atoms with Gasteiger partial charge in [0.1, 0.15) is 0 Å². The summed E-state index contributed by atoms with van der Waals surface area (Å²) >= 11 is 6.04. The Morgan fingerprint density at radius 2 is 1.75 bits per heavy atom. The van der Waals surface area contributed by atoms with Crippen molar-refractivity contribution in [2.24, 2.45) is 0 Å². The van der Waals surface area contributed by atoms with E-state index in [4.69, 9.17) is 11.6 Å². The molecule has 0 saturated carbocycles. The van der Waals surface area contributed by atoms with E-state index in [2.05, 4.69) is 10.0 Å². The molecule has 7 heteroatoms. The lowest BCUT2D eigenvalue weighted by molar-refractivity contribution is -0.121. The minimum Gasteiger partial charge on any atom is -0.352 e. The lowest BCUT2D eigenvalue weighted by Crippen LogP contribution is -2.23. The van der Waals surface area contributed by atoms with E-state index < -0.39 is 10.0 Å². The summed E-state index contributed by atoms with van der Waals surface area (Å²) in [5.41, 5.74) is 1.77. The number of halogens is 1. The lowest BCUT2D eigenvalue weighted by Gasteiger charge is -2.07. The van der Waals surface area contributed by atoms with Crippen molar-refractivity contribution in [2.75, 3.05) is 7.05 Å². The van der Waals surface area contributed by atoms with Crippen molar-refractivity contribution >= 4 is 27.5 Å². The normalized spacial score (nSPS) is 11.2. The van der Waals surface area contributed by atoms with Gasteiger partial charge < -0.3 is 5.32 Å². The van der Waals surface area contributed by atoms with Crippen molar-refractivity contribution in [3.63, 3.8) is 0 Å². The second-order valence-corrected chi connectivity index (χ2v) is 7.51. The fourth-order valence-corrected chi connectivity index (χ4v) is 3.07. The molecule has 0 fully saturated rings. The first-order chi connectivity index (χ1) is 11.4. The number of sulfonamides is 1. The van der Waals surface area contributed by atoms with Crippen molar-refractivity contribution in [1.29, 1.82) is 0 Å². The third kappa shape index (κ3) is 5.06. The van der Waals surface area contributed by atoms with Gasteiger partial charge in [0.05, 0.1) is 4.90 Å². The number of rotatable bonds is 7. The van der Waals surface area contributed by atoms with Crippen molar-refractivity contribution in [3.8, 4) is 0 Å². The van der Waals surface area contributed by atoms with Crippen molar-refractivity contribution in [3.05, 3.63) is 64.7 Å². The van der Waals surface area contributed by atoms with Crippen LogP contribution in [0.25, 0.3) is 0 Å². The maximum absolute atomic E-state index is 11.9. The molecule has 2 rings (SSSR count). The molecule has 0 atom stereocenters. The predicted molar refractivity (Wildman–Crippen MR) is 94.3 cm³/mol. The van der Waals surface area contributed by atoms with Crippen molar-refractivity contribution in [2.45, 2.75) is 24.3 Å². The minimum absolute atomic E-state index is 0.0816. The summed E-state index contributed by atoms with van der Waals surface area (Å²) < 4.78 is 25.5. The molecule has 0 heterocycles. The highest BCUT2D eigenvalue weighted by Gasteiger charge is 2.10. The van der Waals surface area contributed by atoms with Crippen LogP contribution in [0.2, 0.25) is 5.02 Å². The summed E-state index contributed by atoms with van der Waals surface area (Å²) in [5.74, 6) is -0.0816. The molecule has 2 aromatic rings. The molecule has 0 aliphatic rings. The number of benzene rings is 2. The maximum Gasteiger partial charge on any atom is 0.240 e. The molecule has 0 radical (unpaired) electrons. The van der Waals surface area contributed by atoms with Crippen molar-refractivity contribution in [1.82, 2.24) is 10.0 Å². The molecular formula is C17H19ClN2O3S. The third-order valence-corrected chi connectivity index (χ3v) is 5.38. The molecule has 0 aliphatic carbocycles. The summed E-state index contributed by atoms with van der Waals surface area (Å²) in [6.07, 6.45) is 0.858. The third-order valence-electron chi connectivity index (χ3n) is 3.58. The SMILES string of the molecule is CNS(=O)(=O)c1ccc(CCC(=O)NCc2ccccc2Cl)cc1. The Bertz CT molecular complexity index is 805. The standard InChI is InChI=1S/C17H19ClN2O3S/c1-19-24(22,23)15-9-6-13(7-10-15)8-11-17(21)20-12-14-4-2-3-5-16(14)18/h2-7,9-10,19H,8,11-12H2,1H3,(H,20,21). The number of amides is 1. The van der Waals surface area contributed by atoms with E-state index in [9.17, 15) is 13.2 Å². The summed E-state index contributed by atoms with van der Waals surface area (Å²) in [7, 11) is -2.06. The number of hydrogen-bond donors (Lipinski definition) is 2. The topological polar surface area (TPSA) is 75.3 Å².